The second kappa shape index (κ2) is 6.20. The average Bonchev–Trinajstić information content (AvgIpc) is 3.13. The minimum atomic E-state index is -0.394. The van der Waals surface area contributed by atoms with Crippen LogP contribution in [0.25, 0.3) is 6.08 Å². The van der Waals surface area contributed by atoms with Gasteiger partial charge in [0, 0.05) is 4.47 Å². The number of amides is 1. The lowest BCUT2D eigenvalue weighted by Crippen LogP contribution is -2.28. The van der Waals surface area contributed by atoms with Gasteiger partial charge in [-0.15, -0.1) is 0 Å². The molecule has 2 aromatic rings. The van der Waals surface area contributed by atoms with Crippen LogP contribution in [-0.2, 0) is 4.79 Å². The standard InChI is InChI=1S/C17H10BrFN2O3S/c18-12-7-14-13(23-8-24-14)5-9(12)6-15-16(22)21(17(20)25-15)11-3-1-10(19)2-4-11/h1-7,20H,8H2/b15-6-,20-17?. The number of nitrogens with zero attached hydrogens (tertiary/aromatic N) is 1. The van der Waals surface area contributed by atoms with Crippen molar-refractivity contribution in [2.45, 2.75) is 0 Å². The predicted molar refractivity (Wildman–Crippen MR) is 97.4 cm³/mol. The molecule has 1 N–H and O–H groups in total. The maximum absolute atomic E-state index is 13.1. The monoisotopic (exact) mass is 420 g/mol. The summed E-state index contributed by atoms with van der Waals surface area (Å²) in [5.41, 5.74) is 1.20. The third-order valence-corrected chi connectivity index (χ3v) is 5.26. The van der Waals surface area contributed by atoms with Crippen LogP contribution in [0.15, 0.2) is 45.8 Å². The van der Waals surface area contributed by atoms with Crippen molar-refractivity contribution in [1.29, 1.82) is 5.41 Å². The van der Waals surface area contributed by atoms with E-state index in [0.717, 1.165) is 21.8 Å². The number of amidine groups is 1. The molecule has 0 atom stereocenters. The lowest BCUT2D eigenvalue weighted by molar-refractivity contribution is -0.113. The van der Waals surface area contributed by atoms with Crippen LogP contribution in [0.5, 0.6) is 11.5 Å². The minimum Gasteiger partial charge on any atom is -0.454 e. The van der Waals surface area contributed by atoms with Gasteiger partial charge in [-0.25, -0.2) is 4.39 Å². The molecular formula is C17H10BrFN2O3S. The first-order chi connectivity index (χ1) is 12.0. The Bertz CT molecular complexity index is 930. The molecule has 0 spiro atoms. The molecule has 0 bridgehead atoms. The van der Waals surface area contributed by atoms with E-state index in [4.69, 9.17) is 14.9 Å². The summed E-state index contributed by atoms with van der Waals surface area (Å²) in [6, 6.07) is 9.02. The van der Waals surface area contributed by atoms with Crippen LogP contribution in [0.3, 0.4) is 0 Å². The fourth-order valence-corrected chi connectivity index (χ4v) is 3.79. The molecule has 8 heteroatoms. The number of rotatable bonds is 2. The number of carbonyl (C=O) groups excluding carboxylic acids is 1. The van der Waals surface area contributed by atoms with Crippen LogP contribution in [0.1, 0.15) is 5.56 Å². The lowest BCUT2D eigenvalue weighted by atomic mass is 10.2. The van der Waals surface area contributed by atoms with Crippen LogP contribution in [-0.4, -0.2) is 17.9 Å². The zero-order valence-electron chi connectivity index (χ0n) is 12.6. The summed E-state index contributed by atoms with van der Waals surface area (Å²) in [4.78, 5) is 14.3. The summed E-state index contributed by atoms with van der Waals surface area (Å²) in [6.07, 6.45) is 1.69. The van der Waals surface area contributed by atoms with Gasteiger partial charge < -0.3 is 9.47 Å². The number of hydrogen-bond acceptors (Lipinski definition) is 5. The zero-order chi connectivity index (χ0) is 17.6. The molecule has 0 saturated carbocycles. The van der Waals surface area contributed by atoms with Crippen LogP contribution < -0.4 is 14.4 Å². The van der Waals surface area contributed by atoms with Crippen LogP contribution >= 0.6 is 27.7 Å². The Morgan fingerprint density at radius 2 is 1.88 bits per heavy atom. The highest BCUT2D eigenvalue weighted by Gasteiger charge is 2.33. The van der Waals surface area contributed by atoms with Gasteiger partial charge in [0.05, 0.1) is 10.6 Å². The van der Waals surface area contributed by atoms with E-state index in [1.807, 2.05) is 0 Å². The Kier molecular flexibility index (Phi) is 4.01. The fourth-order valence-electron chi connectivity index (χ4n) is 2.50. The topological polar surface area (TPSA) is 62.6 Å². The second-order valence-corrected chi connectivity index (χ2v) is 7.14. The number of fused-ring (bicyclic) bond motifs is 1. The quantitative estimate of drug-likeness (QED) is 0.732. The molecule has 0 aliphatic carbocycles. The average molecular weight is 421 g/mol. The molecule has 25 heavy (non-hydrogen) atoms. The molecule has 4 rings (SSSR count). The molecule has 2 aliphatic heterocycles. The molecular weight excluding hydrogens is 411 g/mol. The first-order valence-electron chi connectivity index (χ1n) is 7.20. The largest absolute Gasteiger partial charge is 0.454 e. The van der Waals surface area contributed by atoms with Gasteiger partial charge in [0.2, 0.25) is 6.79 Å². The van der Waals surface area contributed by atoms with Gasteiger partial charge in [0.1, 0.15) is 5.82 Å². The van der Waals surface area contributed by atoms with E-state index in [2.05, 4.69) is 15.9 Å². The molecule has 2 heterocycles. The number of ether oxygens (including phenoxy) is 2. The van der Waals surface area contributed by atoms with Crippen LogP contribution in [0.4, 0.5) is 10.1 Å². The van der Waals surface area contributed by atoms with Gasteiger partial charge in [0.25, 0.3) is 5.91 Å². The van der Waals surface area contributed by atoms with E-state index in [1.54, 1.807) is 18.2 Å². The highest BCUT2D eigenvalue weighted by molar-refractivity contribution is 9.10. The van der Waals surface area contributed by atoms with Crippen molar-refractivity contribution in [2.75, 3.05) is 11.7 Å². The second-order valence-electron chi connectivity index (χ2n) is 5.26. The Morgan fingerprint density at radius 3 is 2.60 bits per heavy atom. The highest BCUT2D eigenvalue weighted by Crippen LogP contribution is 2.40. The summed E-state index contributed by atoms with van der Waals surface area (Å²) < 4.78 is 24.5. The highest BCUT2D eigenvalue weighted by atomic mass is 79.9. The van der Waals surface area contributed by atoms with Gasteiger partial charge in [-0.05, 0) is 59.8 Å². The van der Waals surface area contributed by atoms with Gasteiger partial charge in [0.15, 0.2) is 16.7 Å². The van der Waals surface area contributed by atoms with E-state index < -0.39 is 5.82 Å². The first-order valence-corrected chi connectivity index (χ1v) is 8.81. The third kappa shape index (κ3) is 2.91. The molecule has 2 aromatic carbocycles. The molecule has 1 saturated heterocycles. The van der Waals surface area contributed by atoms with Crippen molar-refractivity contribution in [2.24, 2.45) is 0 Å². The van der Waals surface area contributed by atoms with E-state index in [-0.39, 0.29) is 17.9 Å². The van der Waals surface area contributed by atoms with E-state index in [1.165, 1.54) is 29.2 Å². The lowest BCUT2D eigenvalue weighted by Gasteiger charge is -2.13. The van der Waals surface area contributed by atoms with Gasteiger partial charge >= 0.3 is 0 Å². The van der Waals surface area contributed by atoms with Crippen LogP contribution in [0.2, 0.25) is 0 Å². The summed E-state index contributed by atoms with van der Waals surface area (Å²) in [6.45, 7) is 0.165. The molecule has 0 radical (unpaired) electrons. The van der Waals surface area contributed by atoms with Crippen molar-refractivity contribution in [3.05, 3.63) is 57.2 Å². The maximum atomic E-state index is 13.1. The third-order valence-electron chi connectivity index (χ3n) is 3.69. The Labute approximate surface area is 155 Å². The Balaban J connectivity index is 1.68. The van der Waals surface area contributed by atoms with Crippen LogP contribution in [0, 0.1) is 11.2 Å². The number of thioether (sulfide) groups is 1. The zero-order valence-corrected chi connectivity index (χ0v) is 15.0. The SMILES string of the molecule is N=C1S/C(=C\c2cc3c(cc2Br)OCO3)C(=O)N1c1ccc(F)cc1. The summed E-state index contributed by atoms with van der Waals surface area (Å²) in [5, 5.41) is 8.15. The van der Waals surface area contributed by atoms with Gasteiger partial charge in [-0.2, -0.15) is 0 Å². The maximum Gasteiger partial charge on any atom is 0.271 e. The van der Waals surface area contributed by atoms with Crippen molar-refractivity contribution in [3.63, 3.8) is 0 Å². The number of nitrogens with one attached hydrogen (secondary N) is 1. The fraction of sp³-hybridized carbons (Fsp3) is 0.0588. The first kappa shape index (κ1) is 16.2. The van der Waals surface area contributed by atoms with Gasteiger partial charge in [-0.1, -0.05) is 15.9 Å². The van der Waals surface area contributed by atoms with Crippen molar-refractivity contribution in [1.82, 2.24) is 0 Å². The number of hydrogen-bond donors (Lipinski definition) is 1. The molecule has 0 unspecified atom stereocenters. The molecule has 0 aromatic heterocycles. The van der Waals surface area contributed by atoms with Crippen molar-refractivity contribution >= 4 is 50.5 Å². The van der Waals surface area contributed by atoms with E-state index in [0.29, 0.717) is 22.1 Å². The predicted octanol–water partition coefficient (Wildman–Crippen LogP) is 4.37. The number of halogens is 2. The van der Waals surface area contributed by atoms with Crippen molar-refractivity contribution < 1.29 is 18.7 Å². The summed E-state index contributed by atoms with van der Waals surface area (Å²) in [7, 11) is 0. The van der Waals surface area contributed by atoms with Gasteiger partial charge in [-0.3, -0.25) is 15.1 Å². The molecule has 1 amide bonds. The number of anilines is 1. The summed E-state index contributed by atoms with van der Waals surface area (Å²) in [5.74, 6) is 0.525. The Hall–Kier alpha value is -2.32. The Morgan fingerprint density at radius 1 is 1.20 bits per heavy atom. The normalized spacial score (nSPS) is 17.7. The molecule has 126 valence electrons. The smallest absolute Gasteiger partial charge is 0.271 e. The number of carbonyl (C=O) groups is 1. The summed E-state index contributed by atoms with van der Waals surface area (Å²) >= 11 is 4.50. The molecule has 1 fully saturated rings. The molecule has 2 aliphatic rings. The molecule has 5 nitrogen and oxygen atoms in total. The van der Waals surface area contributed by atoms with Crippen molar-refractivity contribution in [3.8, 4) is 11.5 Å². The number of benzene rings is 2. The minimum absolute atomic E-state index is 0.0692. The van der Waals surface area contributed by atoms with E-state index >= 15 is 0 Å². The van der Waals surface area contributed by atoms with E-state index in [9.17, 15) is 9.18 Å².